The Morgan fingerprint density at radius 1 is 1.33 bits per heavy atom. The summed E-state index contributed by atoms with van der Waals surface area (Å²) >= 11 is 0. The third-order valence-corrected chi connectivity index (χ3v) is 1.81. The third kappa shape index (κ3) is 2.75. The maximum Gasteiger partial charge on any atom is 0.165 e. The molecular formula is C9H16O3. The molecule has 0 aromatic rings. The predicted octanol–water partition coefficient (Wildman–Crippen LogP) is 0.368. The van der Waals surface area contributed by atoms with Gasteiger partial charge in [-0.1, -0.05) is 20.4 Å². The first-order chi connectivity index (χ1) is 5.54. The highest BCUT2D eigenvalue weighted by Crippen LogP contribution is 2.19. The Hall–Kier alpha value is -0.670. The predicted molar refractivity (Wildman–Crippen MR) is 46.6 cm³/mol. The van der Waals surface area contributed by atoms with Crippen molar-refractivity contribution in [2.75, 3.05) is 13.2 Å². The normalized spacial score (nSPS) is 13.1. The SMILES string of the molecule is C=C(CO)C(C(=O)CO)C(C)C. The summed E-state index contributed by atoms with van der Waals surface area (Å²) in [4.78, 5) is 11.1. The monoisotopic (exact) mass is 172 g/mol. The second-order valence-electron chi connectivity index (χ2n) is 3.16. The Bertz CT molecular complexity index is 157. The van der Waals surface area contributed by atoms with Gasteiger partial charge < -0.3 is 10.2 Å². The Kier molecular flexibility index (Phi) is 4.78. The van der Waals surface area contributed by atoms with Crippen LogP contribution in [0.15, 0.2) is 12.2 Å². The van der Waals surface area contributed by atoms with Gasteiger partial charge in [-0.2, -0.15) is 0 Å². The molecule has 0 saturated heterocycles. The van der Waals surface area contributed by atoms with Gasteiger partial charge in [0.1, 0.15) is 6.61 Å². The fourth-order valence-corrected chi connectivity index (χ4v) is 1.27. The minimum absolute atomic E-state index is 0.0734. The van der Waals surface area contributed by atoms with E-state index in [2.05, 4.69) is 6.58 Å². The van der Waals surface area contributed by atoms with E-state index in [1.54, 1.807) is 0 Å². The molecule has 2 N–H and O–H groups in total. The van der Waals surface area contributed by atoms with E-state index in [1.807, 2.05) is 13.8 Å². The second kappa shape index (κ2) is 5.06. The molecule has 12 heavy (non-hydrogen) atoms. The van der Waals surface area contributed by atoms with Crippen molar-refractivity contribution in [3.63, 3.8) is 0 Å². The first-order valence-corrected chi connectivity index (χ1v) is 3.96. The summed E-state index contributed by atoms with van der Waals surface area (Å²) in [5.41, 5.74) is 0.476. The van der Waals surface area contributed by atoms with Gasteiger partial charge in [-0.3, -0.25) is 4.79 Å². The maximum absolute atomic E-state index is 11.1. The van der Waals surface area contributed by atoms with E-state index < -0.39 is 12.5 Å². The van der Waals surface area contributed by atoms with Crippen LogP contribution in [0.25, 0.3) is 0 Å². The second-order valence-corrected chi connectivity index (χ2v) is 3.16. The molecule has 0 aromatic carbocycles. The van der Waals surface area contributed by atoms with Crippen LogP contribution >= 0.6 is 0 Å². The summed E-state index contributed by atoms with van der Waals surface area (Å²) in [6.07, 6.45) is 0. The van der Waals surface area contributed by atoms with Gasteiger partial charge in [0.25, 0.3) is 0 Å². The van der Waals surface area contributed by atoms with Gasteiger partial charge in [0.05, 0.1) is 6.61 Å². The van der Waals surface area contributed by atoms with E-state index in [0.29, 0.717) is 5.57 Å². The molecule has 0 radical (unpaired) electrons. The van der Waals surface area contributed by atoms with Crippen LogP contribution in [0.4, 0.5) is 0 Å². The highest BCUT2D eigenvalue weighted by molar-refractivity contribution is 5.84. The van der Waals surface area contributed by atoms with Crippen molar-refractivity contribution < 1.29 is 15.0 Å². The van der Waals surface area contributed by atoms with Crippen LogP contribution in [0.5, 0.6) is 0 Å². The van der Waals surface area contributed by atoms with Gasteiger partial charge >= 0.3 is 0 Å². The van der Waals surface area contributed by atoms with E-state index in [-0.39, 0.29) is 18.3 Å². The molecule has 1 unspecified atom stereocenters. The van der Waals surface area contributed by atoms with Gasteiger partial charge in [-0.15, -0.1) is 0 Å². The molecule has 0 bridgehead atoms. The average Bonchev–Trinajstić information content (AvgIpc) is 2.03. The average molecular weight is 172 g/mol. The van der Waals surface area contributed by atoms with Crippen LogP contribution in [0, 0.1) is 11.8 Å². The molecule has 3 heteroatoms. The highest BCUT2D eigenvalue weighted by Gasteiger charge is 2.23. The number of carbonyl (C=O) groups is 1. The maximum atomic E-state index is 11.1. The van der Waals surface area contributed by atoms with Gasteiger partial charge in [-0.05, 0) is 11.5 Å². The van der Waals surface area contributed by atoms with Crippen LogP contribution in [-0.2, 0) is 4.79 Å². The molecule has 1 atom stereocenters. The molecular weight excluding hydrogens is 156 g/mol. The zero-order valence-electron chi connectivity index (χ0n) is 7.58. The molecule has 0 aliphatic carbocycles. The van der Waals surface area contributed by atoms with E-state index in [4.69, 9.17) is 10.2 Å². The number of hydrogen-bond donors (Lipinski definition) is 2. The van der Waals surface area contributed by atoms with Gasteiger partial charge in [0, 0.05) is 5.92 Å². The summed E-state index contributed by atoms with van der Waals surface area (Å²) in [6, 6.07) is 0. The van der Waals surface area contributed by atoms with Crippen molar-refractivity contribution in [3.05, 3.63) is 12.2 Å². The lowest BCUT2D eigenvalue weighted by Gasteiger charge is -2.19. The Labute approximate surface area is 72.7 Å². The van der Waals surface area contributed by atoms with Crippen molar-refractivity contribution in [2.24, 2.45) is 11.8 Å². The van der Waals surface area contributed by atoms with Crippen molar-refractivity contribution >= 4 is 5.78 Å². The van der Waals surface area contributed by atoms with Crippen LogP contribution in [-0.4, -0.2) is 29.2 Å². The number of carbonyl (C=O) groups excluding carboxylic acids is 1. The molecule has 3 nitrogen and oxygen atoms in total. The molecule has 70 valence electrons. The summed E-state index contributed by atoms with van der Waals surface area (Å²) in [6.45, 7) is 6.62. The number of ketones is 1. The first-order valence-electron chi connectivity index (χ1n) is 3.96. The lowest BCUT2D eigenvalue weighted by Crippen LogP contribution is -2.26. The number of Topliss-reactive ketones (excluding diaryl/α,β-unsaturated/α-hetero) is 1. The standard InChI is InChI=1S/C9H16O3/c1-6(2)9(7(3)4-10)8(12)5-11/h6,9-11H,3-5H2,1-2H3. The molecule has 0 rings (SSSR count). The quantitative estimate of drug-likeness (QED) is 0.589. The topological polar surface area (TPSA) is 57.5 Å². The van der Waals surface area contributed by atoms with Gasteiger partial charge in [0.15, 0.2) is 5.78 Å². The van der Waals surface area contributed by atoms with Crippen LogP contribution in [0.2, 0.25) is 0 Å². The van der Waals surface area contributed by atoms with Gasteiger partial charge in [-0.25, -0.2) is 0 Å². The van der Waals surface area contributed by atoms with E-state index in [1.165, 1.54) is 0 Å². The van der Waals surface area contributed by atoms with Crippen molar-refractivity contribution in [2.45, 2.75) is 13.8 Å². The van der Waals surface area contributed by atoms with E-state index in [9.17, 15) is 4.79 Å². The number of aliphatic hydroxyl groups excluding tert-OH is 2. The molecule has 0 amide bonds. The van der Waals surface area contributed by atoms with Crippen molar-refractivity contribution in [3.8, 4) is 0 Å². The summed E-state index contributed by atoms with van der Waals surface area (Å²) in [7, 11) is 0. The lowest BCUT2D eigenvalue weighted by molar-refractivity contribution is -0.125. The minimum atomic E-state index is -0.484. The van der Waals surface area contributed by atoms with Crippen molar-refractivity contribution in [1.82, 2.24) is 0 Å². The van der Waals surface area contributed by atoms with E-state index >= 15 is 0 Å². The Morgan fingerprint density at radius 3 is 2.08 bits per heavy atom. The fourth-order valence-electron chi connectivity index (χ4n) is 1.27. The number of aliphatic hydroxyl groups is 2. The van der Waals surface area contributed by atoms with Gasteiger partial charge in [0.2, 0.25) is 0 Å². The van der Waals surface area contributed by atoms with Crippen LogP contribution < -0.4 is 0 Å². The first kappa shape index (κ1) is 11.3. The number of rotatable bonds is 5. The molecule has 0 aliphatic heterocycles. The molecule has 0 spiro atoms. The third-order valence-electron chi connectivity index (χ3n) is 1.81. The largest absolute Gasteiger partial charge is 0.392 e. The molecule has 0 heterocycles. The molecule has 0 aliphatic rings. The van der Waals surface area contributed by atoms with E-state index in [0.717, 1.165) is 0 Å². The number of hydrogen-bond acceptors (Lipinski definition) is 3. The Morgan fingerprint density at radius 2 is 1.83 bits per heavy atom. The molecule has 0 fully saturated rings. The van der Waals surface area contributed by atoms with Crippen molar-refractivity contribution in [1.29, 1.82) is 0 Å². The zero-order valence-corrected chi connectivity index (χ0v) is 7.58. The Balaban J connectivity index is 4.43. The molecule has 0 aromatic heterocycles. The van der Waals surface area contributed by atoms with Crippen LogP contribution in [0.1, 0.15) is 13.8 Å². The van der Waals surface area contributed by atoms with Crippen LogP contribution in [0.3, 0.4) is 0 Å². The lowest BCUT2D eigenvalue weighted by atomic mass is 9.86. The molecule has 0 saturated carbocycles. The summed E-state index contributed by atoms with van der Waals surface area (Å²) in [5.74, 6) is -0.617. The highest BCUT2D eigenvalue weighted by atomic mass is 16.3. The summed E-state index contributed by atoms with van der Waals surface area (Å²) in [5, 5.41) is 17.4. The smallest absolute Gasteiger partial charge is 0.165 e. The minimum Gasteiger partial charge on any atom is -0.392 e. The fraction of sp³-hybridized carbons (Fsp3) is 0.667. The summed E-state index contributed by atoms with van der Waals surface area (Å²) < 4.78 is 0. The zero-order chi connectivity index (χ0) is 9.72.